The summed E-state index contributed by atoms with van der Waals surface area (Å²) in [5.74, 6) is 1.36. The molecule has 0 bridgehead atoms. The number of anilines is 1. The molecule has 0 radical (unpaired) electrons. The number of fused-ring (bicyclic) bond motifs is 3. The summed E-state index contributed by atoms with van der Waals surface area (Å²) < 4.78 is 1.49. The fourth-order valence-electron chi connectivity index (χ4n) is 4.15. The Hall–Kier alpha value is -4.54. The third kappa shape index (κ3) is 6.71. The number of H-pyrrole nitrogens is 3. The standard InChI is InChI=1S/C10H12N2O.2C9H11N3O.CH4/c1-6(2)7-3-4-11-8-5-9(13)12-10(7)8;1-5(2)6-3-7-8(10-4-6)12-9(13)11-7;1-6(2)7-3-4-12-8(5-7)10-11-9(12)13;/h3-4,6H,5H2,1-2H3,(H,12,13);3-5H,1-2H3,(H2,10,11,12,13);3-6H,1-2H3,(H,11,13);1H4. The Bertz CT molecular complexity index is 1710. The van der Waals surface area contributed by atoms with E-state index >= 15 is 0 Å². The molecule has 212 valence electrons. The second-order valence-electron chi connectivity index (χ2n) is 10.4. The predicted molar refractivity (Wildman–Crippen MR) is 158 cm³/mol. The highest BCUT2D eigenvalue weighted by Gasteiger charge is 2.22. The van der Waals surface area contributed by atoms with Crippen LogP contribution in [0.4, 0.5) is 5.69 Å². The summed E-state index contributed by atoms with van der Waals surface area (Å²) in [6, 6.07) is 7.77. The van der Waals surface area contributed by atoms with Crippen molar-refractivity contribution in [1.82, 2.24) is 34.5 Å². The van der Waals surface area contributed by atoms with E-state index in [2.05, 4.69) is 77.0 Å². The van der Waals surface area contributed by atoms with E-state index in [1.54, 1.807) is 18.6 Å². The molecule has 11 nitrogen and oxygen atoms in total. The van der Waals surface area contributed by atoms with Gasteiger partial charge in [-0.15, -0.1) is 0 Å². The van der Waals surface area contributed by atoms with Crippen LogP contribution in [0, 0.1) is 0 Å². The number of amides is 1. The van der Waals surface area contributed by atoms with Crippen molar-refractivity contribution in [3.63, 3.8) is 0 Å². The van der Waals surface area contributed by atoms with E-state index in [9.17, 15) is 14.4 Å². The van der Waals surface area contributed by atoms with Gasteiger partial charge in [-0.25, -0.2) is 19.7 Å². The Balaban J connectivity index is 0.000000163. The van der Waals surface area contributed by atoms with Crippen LogP contribution in [0.1, 0.15) is 89.1 Å². The zero-order valence-electron chi connectivity index (χ0n) is 23.0. The fraction of sp³-hybridized carbons (Fsp3) is 0.379. The van der Waals surface area contributed by atoms with Crippen molar-refractivity contribution in [1.29, 1.82) is 0 Å². The van der Waals surface area contributed by atoms with Crippen LogP contribution in [0.2, 0.25) is 0 Å². The van der Waals surface area contributed by atoms with Crippen LogP contribution < -0.4 is 16.7 Å². The normalized spacial score (nSPS) is 12.1. The summed E-state index contributed by atoms with van der Waals surface area (Å²) in [7, 11) is 0. The number of hydrogen-bond acceptors (Lipinski definition) is 6. The highest BCUT2D eigenvalue weighted by Crippen LogP contribution is 2.30. The lowest BCUT2D eigenvalue weighted by atomic mass is 10.0. The first kappa shape index (κ1) is 30.0. The molecule has 5 aromatic heterocycles. The van der Waals surface area contributed by atoms with Crippen molar-refractivity contribution in [2.24, 2.45) is 0 Å². The maximum Gasteiger partial charge on any atom is 0.347 e. The van der Waals surface area contributed by atoms with Gasteiger partial charge in [0.2, 0.25) is 5.91 Å². The van der Waals surface area contributed by atoms with E-state index in [-0.39, 0.29) is 24.7 Å². The van der Waals surface area contributed by atoms with Crippen LogP contribution in [-0.4, -0.2) is 40.4 Å². The number of hydrogen-bond donors (Lipinski definition) is 4. The minimum Gasteiger partial charge on any atom is -0.324 e. The quantitative estimate of drug-likeness (QED) is 0.253. The van der Waals surface area contributed by atoms with Gasteiger partial charge in [0.15, 0.2) is 11.3 Å². The molecule has 1 aliphatic heterocycles. The molecular weight excluding hydrogens is 508 g/mol. The van der Waals surface area contributed by atoms with E-state index in [4.69, 9.17) is 0 Å². The Kier molecular flexibility index (Phi) is 9.41. The van der Waals surface area contributed by atoms with Crippen LogP contribution in [0.3, 0.4) is 0 Å². The van der Waals surface area contributed by atoms with Crippen molar-refractivity contribution >= 4 is 28.4 Å². The first-order valence-electron chi connectivity index (χ1n) is 13.0. The highest BCUT2D eigenvalue weighted by atomic mass is 16.2. The summed E-state index contributed by atoms with van der Waals surface area (Å²) in [6.45, 7) is 12.6. The monoisotopic (exact) mass is 546 g/mol. The SMILES string of the molecule is C.CC(C)c1ccn2c(=O)[nH]nc2c1.CC(C)c1ccnc2c1NC(=O)C2.CC(C)c1cnc2[nH]c(=O)[nH]c2c1. The van der Waals surface area contributed by atoms with Crippen molar-refractivity contribution in [3.8, 4) is 0 Å². The number of aromatic nitrogens is 7. The first-order chi connectivity index (χ1) is 18.5. The van der Waals surface area contributed by atoms with Gasteiger partial charge in [-0.3, -0.25) is 19.2 Å². The average Bonchev–Trinajstić information content (AvgIpc) is 3.58. The lowest BCUT2D eigenvalue weighted by Gasteiger charge is -2.09. The Morgan fingerprint density at radius 2 is 1.60 bits per heavy atom. The molecule has 1 aliphatic rings. The molecule has 0 saturated heterocycles. The van der Waals surface area contributed by atoms with Gasteiger partial charge >= 0.3 is 11.4 Å². The molecule has 6 heterocycles. The molecule has 0 unspecified atom stereocenters. The van der Waals surface area contributed by atoms with Crippen molar-refractivity contribution in [2.75, 3.05) is 5.32 Å². The molecule has 0 aliphatic carbocycles. The molecule has 1 amide bonds. The third-order valence-electron chi connectivity index (χ3n) is 6.44. The van der Waals surface area contributed by atoms with Gasteiger partial charge in [0.05, 0.1) is 23.3 Å². The number of imidazole rings is 1. The van der Waals surface area contributed by atoms with E-state index < -0.39 is 0 Å². The summed E-state index contributed by atoms with van der Waals surface area (Å²) in [6.07, 6.45) is 5.73. The van der Waals surface area contributed by atoms with Gasteiger partial charge in [0.25, 0.3) is 0 Å². The van der Waals surface area contributed by atoms with Crippen LogP contribution in [-0.2, 0) is 11.2 Å². The second kappa shape index (κ2) is 12.5. The van der Waals surface area contributed by atoms with Gasteiger partial charge in [0.1, 0.15) is 0 Å². The predicted octanol–water partition coefficient (Wildman–Crippen LogP) is 4.86. The van der Waals surface area contributed by atoms with Crippen LogP contribution in [0.15, 0.2) is 52.4 Å². The zero-order chi connectivity index (χ0) is 28.3. The van der Waals surface area contributed by atoms with Gasteiger partial charge < -0.3 is 10.3 Å². The Labute approximate surface area is 232 Å². The lowest BCUT2D eigenvalue weighted by molar-refractivity contribution is -0.115. The van der Waals surface area contributed by atoms with Crippen molar-refractivity contribution in [2.45, 2.75) is 73.1 Å². The van der Waals surface area contributed by atoms with Crippen LogP contribution >= 0.6 is 0 Å². The summed E-state index contributed by atoms with van der Waals surface area (Å²) in [5.41, 5.74) is 6.99. The van der Waals surface area contributed by atoms with Gasteiger partial charge in [-0.05, 0) is 58.7 Å². The third-order valence-corrected chi connectivity index (χ3v) is 6.44. The van der Waals surface area contributed by atoms with E-state index in [0.29, 0.717) is 35.5 Å². The van der Waals surface area contributed by atoms with Gasteiger partial charge in [-0.2, -0.15) is 5.10 Å². The topological polar surface area (TPSA) is 154 Å². The van der Waals surface area contributed by atoms with Crippen LogP contribution in [0.25, 0.3) is 16.8 Å². The number of nitrogens with zero attached hydrogens (tertiary/aromatic N) is 4. The number of nitrogens with one attached hydrogen (secondary N) is 4. The molecule has 40 heavy (non-hydrogen) atoms. The van der Waals surface area contributed by atoms with Gasteiger partial charge in [-0.1, -0.05) is 49.0 Å². The zero-order valence-corrected chi connectivity index (χ0v) is 23.0. The Morgan fingerprint density at radius 1 is 0.875 bits per heavy atom. The number of rotatable bonds is 3. The van der Waals surface area contributed by atoms with E-state index in [0.717, 1.165) is 22.5 Å². The number of carbonyl (C=O) groups excluding carboxylic acids is 1. The Morgan fingerprint density at radius 3 is 2.27 bits per heavy atom. The van der Waals surface area contributed by atoms with Crippen molar-refractivity contribution < 1.29 is 4.79 Å². The molecule has 6 rings (SSSR count). The summed E-state index contributed by atoms with van der Waals surface area (Å²) >= 11 is 0. The second-order valence-corrected chi connectivity index (χ2v) is 10.4. The fourth-order valence-corrected chi connectivity index (χ4v) is 4.15. The minimum atomic E-state index is -0.205. The van der Waals surface area contributed by atoms with E-state index in [1.165, 1.54) is 15.5 Å². The largest absolute Gasteiger partial charge is 0.347 e. The maximum absolute atomic E-state index is 11.1. The maximum atomic E-state index is 11.1. The molecular formula is C29H38N8O3. The first-order valence-corrected chi connectivity index (χ1v) is 13.0. The molecule has 0 atom stereocenters. The van der Waals surface area contributed by atoms with Crippen molar-refractivity contribution in [3.05, 3.63) is 86.2 Å². The molecule has 4 N–H and O–H groups in total. The molecule has 0 aromatic carbocycles. The van der Waals surface area contributed by atoms with Crippen LogP contribution in [0.5, 0.6) is 0 Å². The molecule has 0 spiro atoms. The number of carbonyl (C=O) groups is 1. The minimum absolute atomic E-state index is 0. The van der Waals surface area contributed by atoms with Gasteiger partial charge in [0, 0.05) is 18.6 Å². The summed E-state index contributed by atoms with van der Waals surface area (Å²) in [5, 5.41) is 9.13. The summed E-state index contributed by atoms with van der Waals surface area (Å²) in [4.78, 5) is 46.7. The van der Waals surface area contributed by atoms with E-state index in [1.807, 2.05) is 24.3 Å². The number of aromatic amines is 3. The lowest BCUT2D eigenvalue weighted by Crippen LogP contribution is -2.08. The molecule has 11 heteroatoms. The smallest absolute Gasteiger partial charge is 0.324 e. The average molecular weight is 547 g/mol. The molecule has 0 fully saturated rings. The molecule has 0 saturated carbocycles. The molecule has 5 aromatic rings. The number of pyridine rings is 3. The highest BCUT2D eigenvalue weighted by molar-refractivity contribution is 5.99.